The maximum Gasteiger partial charge on any atom is 0.294 e. The first kappa shape index (κ1) is 37.9. The van der Waals surface area contributed by atoms with Gasteiger partial charge >= 0.3 is 0 Å². The van der Waals surface area contributed by atoms with Gasteiger partial charge in [0.2, 0.25) is 5.78 Å². The lowest BCUT2D eigenvalue weighted by Gasteiger charge is -2.41. The Hall–Kier alpha value is -7.66. The van der Waals surface area contributed by atoms with Crippen LogP contribution in [0.4, 0.5) is 17.1 Å². The van der Waals surface area contributed by atoms with E-state index < -0.39 is 37.3 Å². The molecule has 0 fully saturated rings. The Morgan fingerprint density at radius 1 is 0.523 bits per heavy atom. The van der Waals surface area contributed by atoms with Crippen LogP contribution in [0.15, 0.2) is 166 Å². The van der Waals surface area contributed by atoms with E-state index in [1.54, 1.807) is 24.3 Å². The van der Waals surface area contributed by atoms with Crippen molar-refractivity contribution in [2.45, 2.75) is 21.1 Å². The Bertz CT molecular complexity index is 4020. The average molecular weight is 895 g/mol. The number of ketones is 1. The zero-order chi connectivity index (χ0) is 44.4. The number of carbonyl (C=O) groups is 1. The summed E-state index contributed by atoms with van der Waals surface area (Å²) in [6.45, 7) is 0. The zero-order valence-corrected chi connectivity index (χ0v) is 35.0. The molecule has 8 aromatic carbocycles. The van der Waals surface area contributed by atoms with E-state index in [-0.39, 0.29) is 26.7 Å². The van der Waals surface area contributed by atoms with Crippen LogP contribution in [0, 0.1) is 0 Å². The summed E-state index contributed by atoms with van der Waals surface area (Å²) in [5.41, 5.74) is 5.14. The van der Waals surface area contributed by atoms with Crippen LogP contribution in [-0.4, -0.2) is 37.0 Å². The molecule has 2 spiro atoms. The second-order valence-electron chi connectivity index (χ2n) is 16.7. The Morgan fingerprint density at radius 2 is 1.12 bits per heavy atom. The summed E-state index contributed by atoms with van der Waals surface area (Å²) in [5.74, 6) is -0.532. The Labute approximate surface area is 369 Å². The molecule has 0 radical (unpaired) electrons. The second-order valence-corrected chi connectivity index (χ2v) is 19.5. The van der Waals surface area contributed by atoms with Crippen molar-refractivity contribution in [3.63, 3.8) is 0 Å². The molecule has 2 unspecified atom stereocenters. The lowest BCUT2D eigenvalue weighted by molar-refractivity contribution is -0.198. The van der Waals surface area contributed by atoms with Gasteiger partial charge in [0.25, 0.3) is 20.2 Å². The Morgan fingerprint density at radius 3 is 1.85 bits per heavy atom. The highest BCUT2D eigenvalue weighted by Crippen LogP contribution is 2.56. The third-order valence-corrected chi connectivity index (χ3v) is 15.1. The average Bonchev–Trinajstić information content (AvgIpc) is 3.71. The van der Waals surface area contributed by atoms with Gasteiger partial charge in [-0.2, -0.15) is 16.8 Å². The molecule has 316 valence electrons. The van der Waals surface area contributed by atoms with E-state index >= 15 is 4.79 Å². The van der Waals surface area contributed by atoms with Crippen LogP contribution in [0.2, 0.25) is 0 Å². The van der Waals surface area contributed by atoms with Crippen LogP contribution in [0.3, 0.4) is 0 Å². The van der Waals surface area contributed by atoms with E-state index in [1.165, 1.54) is 24.3 Å². The standard InChI is InChI=1S/C50H30N4O9S2/c55-47-43(33-19-15-25-7-5-13-39-41(25)45(33)53-49(51-39)35-11-3-1-9-29(35)31-21-17-27(23-37(31)49)64(57,58)59)48(63-56)44(47)34-20-16-26-8-6-14-40-42(26)46(34)54-50(52-40)36-12-4-2-10-30(36)32-22-18-28(24-38(32)50)65(60,61)62/h1-24,51,53-54,56H,(H,57,58,59)(H,60,61,62)/b44-34-. The number of anilines is 3. The molecule has 0 saturated heterocycles. The highest BCUT2D eigenvalue weighted by atomic mass is 32.2. The highest BCUT2D eigenvalue weighted by molar-refractivity contribution is 7.86. The first-order valence-corrected chi connectivity index (χ1v) is 23.3. The van der Waals surface area contributed by atoms with E-state index in [9.17, 15) is 31.2 Å². The largest absolute Gasteiger partial charge is 0.355 e. The number of fused-ring (bicyclic) bond motifs is 10. The predicted octanol–water partition coefficient (Wildman–Crippen LogP) is 7.77. The minimum absolute atomic E-state index is 0.0792. The lowest BCUT2D eigenvalue weighted by atomic mass is 9.79. The van der Waals surface area contributed by atoms with Crippen molar-refractivity contribution < 1.29 is 40.9 Å². The number of rotatable bonds is 4. The monoisotopic (exact) mass is 894 g/mol. The van der Waals surface area contributed by atoms with E-state index in [4.69, 9.17) is 9.88 Å². The number of Topliss-reactive ketones (excluding diaryl/α,β-unsaturated/α-hetero) is 1. The van der Waals surface area contributed by atoms with E-state index in [0.29, 0.717) is 55.3 Å². The third-order valence-electron chi connectivity index (χ3n) is 13.4. The number of hydrogen-bond donors (Lipinski definition) is 6. The summed E-state index contributed by atoms with van der Waals surface area (Å²) in [7, 11) is -9.21. The second kappa shape index (κ2) is 12.5. The SMILES string of the molecule is O=C1C(c2ccc3cccc4c3c2NC2(N4)c3ccccc3-c3ccc(S(=O)(=O)O)cc32)=C(OO)/C1=c1/ccc2cccc3c2c1NC1(N=3)c2ccccc2-c2ccc(S(=O)(=O)O)cc21. The number of allylic oxidation sites excluding steroid dienone is 2. The number of nitrogens with zero attached hydrogens (tertiary/aromatic N) is 1. The van der Waals surface area contributed by atoms with Crippen LogP contribution in [-0.2, 0) is 41.2 Å². The molecule has 13 nitrogen and oxygen atoms in total. The first-order valence-electron chi connectivity index (χ1n) is 20.4. The van der Waals surface area contributed by atoms with Crippen molar-refractivity contribution in [1.29, 1.82) is 0 Å². The maximum atomic E-state index is 15.1. The van der Waals surface area contributed by atoms with Gasteiger partial charge < -0.3 is 20.8 Å². The molecule has 5 aliphatic rings. The van der Waals surface area contributed by atoms with Crippen molar-refractivity contribution in [3.05, 3.63) is 190 Å². The minimum atomic E-state index is -4.61. The molecule has 65 heavy (non-hydrogen) atoms. The molecule has 13 rings (SSSR count). The van der Waals surface area contributed by atoms with E-state index in [0.717, 1.165) is 44.0 Å². The number of hydrogen-bond acceptors (Lipinski definition) is 11. The quantitative estimate of drug-likeness (QED) is 0.0570. The van der Waals surface area contributed by atoms with Gasteiger partial charge in [0.1, 0.15) is 0 Å². The number of nitrogens with one attached hydrogen (secondary N) is 3. The van der Waals surface area contributed by atoms with E-state index in [2.05, 4.69) is 16.0 Å². The fourth-order valence-electron chi connectivity index (χ4n) is 10.7. The molecule has 0 saturated carbocycles. The summed E-state index contributed by atoms with van der Waals surface area (Å²) in [4.78, 5) is 25.0. The van der Waals surface area contributed by atoms with Crippen LogP contribution in [0.25, 0.3) is 54.9 Å². The molecule has 0 amide bonds. The topological polar surface area (TPSA) is 204 Å². The molecule has 3 aliphatic carbocycles. The molecule has 0 aromatic heterocycles. The van der Waals surface area contributed by atoms with Crippen molar-refractivity contribution in [1.82, 2.24) is 0 Å². The molecule has 2 aliphatic heterocycles. The van der Waals surface area contributed by atoms with Crippen molar-refractivity contribution >= 4 is 75.8 Å². The smallest absolute Gasteiger partial charge is 0.294 e. The van der Waals surface area contributed by atoms with Crippen molar-refractivity contribution in [3.8, 4) is 22.3 Å². The molecule has 6 N–H and O–H groups in total. The molecule has 8 aromatic rings. The predicted molar refractivity (Wildman–Crippen MR) is 244 cm³/mol. The summed E-state index contributed by atoms with van der Waals surface area (Å²) in [5, 5.41) is 25.8. The zero-order valence-electron chi connectivity index (χ0n) is 33.4. The number of benzene rings is 8. The Kier molecular flexibility index (Phi) is 7.30. The Balaban J connectivity index is 1.04. The van der Waals surface area contributed by atoms with Crippen LogP contribution < -0.4 is 26.5 Å². The summed E-state index contributed by atoms with van der Waals surface area (Å²) >= 11 is 0. The highest BCUT2D eigenvalue weighted by Gasteiger charge is 2.50. The molecule has 2 atom stereocenters. The van der Waals surface area contributed by atoms with Gasteiger partial charge in [-0.3, -0.25) is 13.9 Å². The normalized spacial score (nSPS) is 20.3. The van der Waals surface area contributed by atoms with Crippen LogP contribution in [0.1, 0.15) is 27.8 Å². The molecular weight excluding hydrogens is 865 g/mol. The fourth-order valence-corrected chi connectivity index (χ4v) is 11.8. The minimum Gasteiger partial charge on any atom is -0.355 e. The molecule has 0 bridgehead atoms. The van der Waals surface area contributed by atoms with Crippen LogP contribution in [0.5, 0.6) is 0 Å². The van der Waals surface area contributed by atoms with E-state index in [1.807, 2.05) is 97.1 Å². The molecule has 15 heteroatoms. The van der Waals surface area contributed by atoms with Gasteiger partial charge in [-0.1, -0.05) is 109 Å². The first-order chi connectivity index (χ1) is 31.3. The van der Waals surface area contributed by atoms with Gasteiger partial charge in [-0.15, -0.1) is 0 Å². The molecular formula is C50H30N4O9S2. The van der Waals surface area contributed by atoms with Crippen LogP contribution >= 0.6 is 0 Å². The van der Waals surface area contributed by atoms with Crippen molar-refractivity contribution in [2.75, 3.05) is 16.0 Å². The van der Waals surface area contributed by atoms with Gasteiger partial charge in [0, 0.05) is 49.5 Å². The molecule has 2 heterocycles. The number of carbonyl (C=O) groups excluding carboxylic acids is 1. The third kappa shape index (κ3) is 4.90. The fraction of sp³-hybridized carbons (Fsp3) is 0.0400. The summed E-state index contributed by atoms with van der Waals surface area (Å²) < 4.78 is 70.5. The summed E-state index contributed by atoms with van der Waals surface area (Å²) in [6, 6.07) is 42.6. The van der Waals surface area contributed by atoms with Gasteiger partial charge in [0.15, 0.2) is 17.1 Å². The van der Waals surface area contributed by atoms with Crippen molar-refractivity contribution in [2.24, 2.45) is 4.99 Å². The van der Waals surface area contributed by atoms with Gasteiger partial charge in [-0.05, 0) is 69.4 Å². The summed E-state index contributed by atoms with van der Waals surface area (Å²) in [6.07, 6.45) is 0. The van der Waals surface area contributed by atoms with Gasteiger partial charge in [0.05, 0.1) is 37.7 Å². The van der Waals surface area contributed by atoms with Gasteiger partial charge in [-0.25, -0.2) is 10.2 Å². The maximum absolute atomic E-state index is 15.1. The lowest BCUT2D eigenvalue weighted by Crippen LogP contribution is -2.45.